The Kier molecular flexibility index (Phi) is 7.22. The number of carbonyl (C=O) groups excluding carboxylic acids is 3. The molecule has 3 rings (SSSR count). The number of nitrogens with one attached hydrogen (secondary N) is 2. The van der Waals surface area contributed by atoms with Crippen LogP contribution in [0, 0.1) is 28.9 Å². The SMILES string of the molecule is COC(=O)[C@@H]1C(=O)NC(SCC(=O)Nc2ccccc2F)=C(C#N)[C@@H]1c1ccccc1F. The van der Waals surface area contributed by atoms with E-state index in [2.05, 4.69) is 10.6 Å². The van der Waals surface area contributed by atoms with Gasteiger partial charge in [0.25, 0.3) is 0 Å². The number of para-hydroxylation sites is 1. The average molecular weight is 457 g/mol. The highest BCUT2D eigenvalue weighted by molar-refractivity contribution is 8.03. The van der Waals surface area contributed by atoms with E-state index in [0.29, 0.717) is 0 Å². The third-order valence-electron chi connectivity index (χ3n) is 4.72. The monoisotopic (exact) mass is 457 g/mol. The molecule has 10 heteroatoms. The molecule has 0 bridgehead atoms. The summed E-state index contributed by atoms with van der Waals surface area (Å²) < 4.78 is 33.0. The third kappa shape index (κ3) is 4.78. The number of nitrogens with zero attached hydrogens (tertiary/aromatic N) is 1. The summed E-state index contributed by atoms with van der Waals surface area (Å²) in [7, 11) is 1.08. The number of nitriles is 1. The van der Waals surface area contributed by atoms with Gasteiger partial charge in [0, 0.05) is 5.92 Å². The molecule has 0 saturated heterocycles. The number of halogens is 2. The van der Waals surface area contributed by atoms with Crippen LogP contribution < -0.4 is 10.6 Å². The maximum atomic E-state index is 14.6. The zero-order valence-electron chi connectivity index (χ0n) is 16.7. The molecule has 0 spiro atoms. The van der Waals surface area contributed by atoms with Crippen LogP contribution in [0.25, 0.3) is 0 Å². The van der Waals surface area contributed by atoms with Crippen molar-refractivity contribution < 1.29 is 27.9 Å². The highest BCUT2D eigenvalue weighted by Gasteiger charge is 2.45. The van der Waals surface area contributed by atoms with Crippen LogP contribution in [0.3, 0.4) is 0 Å². The van der Waals surface area contributed by atoms with Crippen molar-refractivity contribution in [2.24, 2.45) is 5.92 Å². The third-order valence-corrected chi connectivity index (χ3v) is 5.74. The molecule has 7 nitrogen and oxygen atoms in total. The van der Waals surface area contributed by atoms with Crippen LogP contribution in [0.4, 0.5) is 14.5 Å². The largest absolute Gasteiger partial charge is 0.468 e. The number of ether oxygens (including phenoxy) is 1. The van der Waals surface area contributed by atoms with Crippen molar-refractivity contribution in [2.45, 2.75) is 5.92 Å². The van der Waals surface area contributed by atoms with E-state index in [4.69, 9.17) is 4.74 Å². The summed E-state index contributed by atoms with van der Waals surface area (Å²) in [5.41, 5.74) is -0.132. The summed E-state index contributed by atoms with van der Waals surface area (Å²) in [6.07, 6.45) is 0. The first-order valence-electron chi connectivity index (χ1n) is 9.32. The Bertz CT molecular complexity index is 1150. The molecular formula is C22H17F2N3O4S. The second-order valence-electron chi connectivity index (χ2n) is 6.66. The molecule has 1 aliphatic heterocycles. The summed E-state index contributed by atoms with van der Waals surface area (Å²) >= 11 is 0.809. The second kappa shape index (κ2) is 10.1. The van der Waals surface area contributed by atoms with Crippen molar-refractivity contribution in [1.82, 2.24) is 5.32 Å². The average Bonchev–Trinajstić information content (AvgIpc) is 2.78. The first-order valence-corrected chi connectivity index (χ1v) is 10.3. The van der Waals surface area contributed by atoms with E-state index in [9.17, 15) is 28.4 Å². The van der Waals surface area contributed by atoms with E-state index < -0.39 is 41.3 Å². The molecule has 164 valence electrons. The molecule has 2 amide bonds. The zero-order valence-corrected chi connectivity index (χ0v) is 17.5. The molecule has 2 aromatic rings. The first kappa shape index (κ1) is 23.0. The number of thioether (sulfide) groups is 1. The van der Waals surface area contributed by atoms with Gasteiger partial charge in [-0.05, 0) is 23.8 Å². The molecule has 2 aromatic carbocycles. The van der Waals surface area contributed by atoms with Gasteiger partial charge in [0.2, 0.25) is 11.8 Å². The maximum Gasteiger partial charge on any atom is 0.319 e. The molecule has 0 unspecified atom stereocenters. The standard InChI is InChI=1S/C22H17F2N3O4S/c1-31-22(30)19-18(12-6-2-3-7-14(12)23)13(10-25)21(27-20(19)29)32-11-17(28)26-16-9-5-4-8-15(16)24/h2-9,18-19H,11H2,1H3,(H,26,28)(H,27,29)/t18-,19-/m0/s1. The quantitative estimate of drug-likeness (QED) is 0.510. The number of allylic oxidation sites excluding steroid dienone is 1. The van der Waals surface area contributed by atoms with Crippen LogP contribution in [-0.4, -0.2) is 30.6 Å². The Labute approximate surface area is 186 Å². The number of rotatable bonds is 6. The molecule has 0 fully saturated rings. The fourth-order valence-corrected chi connectivity index (χ4v) is 4.12. The lowest BCUT2D eigenvalue weighted by Crippen LogP contribution is -2.44. The number of esters is 1. The van der Waals surface area contributed by atoms with Crippen LogP contribution in [0.15, 0.2) is 59.1 Å². The van der Waals surface area contributed by atoms with Crippen LogP contribution >= 0.6 is 11.8 Å². The van der Waals surface area contributed by atoms with Gasteiger partial charge in [-0.3, -0.25) is 14.4 Å². The molecule has 1 aliphatic rings. The summed E-state index contributed by atoms with van der Waals surface area (Å²) in [5, 5.41) is 14.6. The molecule has 2 atom stereocenters. The van der Waals surface area contributed by atoms with Gasteiger partial charge in [0.1, 0.15) is 17.6 Å². The number of hydrogen-bond donors (Lipinski definition) is 2. The molecular weight excluding hydrogens is 440 g/mol. The van der Waals surface area contributed by atoms with Gasteiger partial charge >= 0.3 is 5.97 Å². The molecule has 1 heterocycles. The van der Waals surface area contributed by atoms with E-state index in [0.717, 1.165) is 24.9 Å². The summed E-state index contributed by atoms with van der Waals surface area (Å²) in [5.74, 6) is -6.61. The zero-order chi connectivity index (χ0) is 23.3. The van der Waals surface area contributed by atoms with Gasteiger partial charge in [-0.15, -0.1) is 0 Å². The fourth-order valence-electron chi connectivity index (χ4n) is 3.27. The van der Waals surface area contributed by atoms with Crippen molar-refractivity contribution in [3.8, 4) is 6.07 Å². The number of methoxy groups -OCH3 is 1. The van der Waals surface area contributed by atoms with E-state index in [1.807, 2.05) is 6.07 Å². The molecule has 2 N–H and O–H groups in total. The summed E-state index contributed by atoms with van der Waals surface area (Å²) in [6.45, 7) is 0. The minimum absolute atomic E-state index is 0.00888. The van der Waals surface area contributed by atoms with Crippen molar-refractivity contribution in [2.75, 3.05) is 18.2 Å². The highest BCUT2D eigenvalue weighted by atomic mass is 32.2. The highest BCUT2D eigenvalue weighted by Crippen LogP contribution is 2.41. The lowest BCUT2D eigenvalue weighted by molar-refractivity contribution is -0.150. The van der Waals surface area contributed by atoms with Gasteiger partial charge in [-0.25, -0.2) is 8.78 Å². The number of anilines is 1. The summed E-state index contributed by atoms with van der Waals surface area (Å²) in [6, 6.07) is 13.0. The molecule has 0 saturated carbocycles. The predicted octanol–water partition coefficient (Wildman–Crippen LogP) is 3.07. The molecule has 0 radical (unpaired) electrons. The molecule has 32 heavy (non-hydrogen) atoms. The number of benzene rings is 2. The van der Waals surface area contributed by atoms with Gasteiger partial charge < -0.3 is 15.4 Å². The number of carbonyl (C=O) groups is 3. The van der Waals surface area contributed by atoms with Crippen LogP contribution in [0.5, 0.6) is 0 Å². The lowest BCUT2D eigenvalue weighted by atomic mass is 9.78. The smallest absolute Gasteiger partial charge is 0.319 e. The second-order valence-corrected chi connectivity index (χ2v) is 7.65. The van der Waals surface area contributed by atoms with Gasteiger partial charge in [0.05, 0.1) is 35.2 Å². The van der Waals surface area contributed by atoms with Crippen molar-refractivity contribution >= 4 is 35.2 Å². The van der Waals surface area contributed by atoms with Gasteiger partial charge in [-0.1, -0.05) is 42.1 Å². The fraction of sp³-hybridized carbons (Fsp3) is 0.182. The normalized spacial score (nSPS) is 17.9. The van der Waals surface area contributed by atoms with E-state index in [1.54, 1.807) is 6.07 Å². The van der Waals surface area contributed by atoms with Crippen LogP contribution in [-0.2, 0) is 19.1 Å². The van der Waals surface area contributed by atoms with Crippen molar-refractivity contribution in [3.05, 3.63) is 76.3 Å². The minimum Gasteiger partial charge on any atom is -0.468 e. The Morgan fingerprint density at radius 2 is 1.81 bits per heavy atom. The predicted molar refractivity (Wildman–Crippen MR) is 113 cm³/mol. The van der Waals surface area contributed by atoms with E-state index in [1.165, 1.54) is 36.4 Å². The number of amides is 2. The molecule has 0 aliphatic carbocycles. The maximum absolute atomic E-state index is 14.6. The Morgan fingerprint density at radius 1 is 1.16 bits per heavy atom. The molecule has 0 aromatic heterocycles. The van der Waals surface area contributed by atoms with Gasteiger partial charge in [-0.2, -0.15) is 5.26 Å². The lowest BCUT2D eigenvalue weighted by Gasteiger charge is -2.31. The van der Waals surface area contributed by atoms with Crippen LogP contribution in [0.2, 0.25) is 0 Å². The Morgan fingerprint density at radius 3 is 2.44 bits per heavy atom. The van der Waals surface area contributed by atoms with Crippen molar-refractivity contribution in [3.63, 3.8) is 0 Å². The topological polar surface area (TPSA) is 108 Å². The Balaban J connectivity index is 1.92. The van der Waals surface area contributed by atoms with E-state index >= 15 is 0 Å². The first-order chi connectivity index (χ1) is 15.4. The van der Waals surface area contributed by atoms with Gasteiger partial charge in [0.15, 0.2) is 0 Å². The minimum atomic E-state index is -1.48. The number of hydrogen-bond acceptors (Lipinski definition) is 6. The Hall–Kier alpha value is -3.71. The van der Waals surface area contributed by atoms with Crippen molar-refractivity contribution in [1.29, 1.82) is 5.26 Å². The summed E-state index contributed by atoms with van der Waals surface area (Å²) in [4.78, 5) is 37.3. The van der Waals surface area contributed by atoms with E-state index in [-0.39, 0.29) is 27.6 Å². The van der Waals surface area contributed by atoms with Crippen LogP contribution in [0.1, 0.15) is 11.5 Å².